The summed E-state index contributed by atoms with van der Waals surface area (Å²) in [6, 6.07) is 0. The highest BCUT2D eigenvalue weighted by molar-refractivity contribution is 5.68. The van der Waals surface area contributed by atoms with Gasteiger partial charge < -0.3 is 14.7 Å². The van der Waals surface area contributed by atoms with Crippen LogP contribution in [-0.4, -0.2) is 40.4 Å². The van der Waals surface area contributed by atoms with Gasteiger partial charge in [0.05, 0.1) is 12.1 Å². The molecule has 0 spiro atoms. The Kier molecular flexibility index (Phi) is 3.01. The maximum atomic E-state index is 11.7. The smallest absolute Gasteiger partial charge is 0.410 e. The van der Waals surface area contributed by atoms with Gasteiger partial charge in [-0.2, -0.15) is 0 Å². The summed E-state index contributed by atoms with van der Waals surface area (Å²) in [5.41, 5.74) is -1.27. The third-order valence-corrected chi connectivity index (χ3v) is 2.72. The zero-order valence-electron chi connectivity index (χ0n) is 10.2. The fraction of sp³-hybridized carbons (Fsp3) is 0.909. The van der Waals surface area contributed by atoms with Crippen LogP contribution in [0, 0.1) is 5.92 Å². The van der Waals surface area contributed by atoms with Crippen molar-refractivity contribution in [2.24, 2.45) is 5.92 Å². The summed E-state index contributed by atoms with van der Waals surface area (Å²) in [6.45, 7) is 10.1. The molecule has 1 fully saturated rings. The summed E-state index contributed by atoms with van der Waals surface area (Å²) in [6.07, 6.45) is -0.341. The summed E-state index contributed by atoms with van der Waals surface area (Å²) in [5, 5.41) is 9.93. The fourth-order valence-corrected chi connectivity index (χ4v) is 1.60. The Labute approximate surface area is 91.2 Å². The molecular weight excluding hydrogens is 194 g/mol. The van der Waals surface area contributed by atoms with E-state index in [-0.39, 0.29) is 12.0 Å². The predicted octanol–water partition coefficient (Wildman–Crippen LogP) is 1.62. The number of aliphatic hydroxyl groups is 1. The quantitative estimate of drug-likeness (QED) is 0.668. The molecule has 0 aromatic heterocycles. The van der Waals surface area contributed by atoms with Gasteiger partial charge in [-0.25, -0.2) is 4.79 Å². The monoisotopic (exact) mass is 215 g/mol. The molecule has 1 aliphatic rings. The van der Waals surface area contributed by atoms with Gasteiger partial charge in [0.2, 0.25) is 0 Å². The van der Waals surface area contributed by atoms with Crippen LogP contribution in [0.2, 0.25) is 0 Å². The first-order valence-electron chi connectivity index (χ1n) is 5.32. The van der Waals surface area contributed by atoms with Crippen molar-refractivity contribution in [3.8, 4) is 0 Å². The molecule has 0 aliphatic carbocycles. The number of rotatable bonds is 0. The van der Waals surface area contributed by atoms with E-state index in [4.69, 9.17) is 4.74 Å². The molecule has 0 aromatic carbocycles. The number of hydrogen-bond acceptors (Lipinski definition) is 3. The molecule has 1 aliphatic heterocycles. The fourth-order valence-electron chi connectivity index (χ4n) is 1.60. The Morgan fingerprint density at radius 3 is 2.40 bits per heavy atom. The number of hydrogen-bond donors (Lipinski definition) is 1. The largest absolute Gasteiger partial charge is 0.444 e. The molecule has 1 N–H and O–H groups in total. The molecule has 0 unspecified atom stereocenters. The van der Waals surface area contributed by atoms with Crippen molar-refractivity contribution < 1.29 is 14.6 Å². The second kappa shape index (κ2) is 3.67. The van der Waals surface area contributed by atoms with Crippen LogP contribution >= 0.6 is 0 Å². The van der Waals surface area contributed by atoms with Gasteiger partial charge >= 0.3 is 6.09 Å². The highest BCUT2D eigenvalue weighted by Gasteiger charge is 2.41. The Bertz CT molecular complexity index is 255. The Balaban J connectivity index is 2.58. The van der Waals surface area contributed by atoms with Gasteiger partial charge in [0.1, 0.15) is 5.60 Å². The van der Waals surface area contributed by atoms with Crippen LogP contribution in [0.4, 0.5) is 4.79 Å². The van der Waals surface area contributed by atoms with E-state index in [0.29, 0.717) is 13.1 Å². The molecule has 4 nitrogen and oxygen atoms in total. The van der Waals surface area contributed by atoms with Crippen LogP contribution in [0.3, 0.4) is 0 Å². The number of ether oxygens (including phenoxy) is 1. The average Bonchev–Trinajstić information content (AvgIpc) is 2.23. The summed E-state index contributed by atoms with van der Waals surface area (Å²) in [5.74, 6) is 0.0880. The lowest BCUT2D eigenvalue weighted by atomic mass is 9.95. The summed E-state index contributed by atoms with van der Waals surface area (Å²) < 4.78 is 5.24. The van der Waals surface area contributed by atoms with Crippen molar-refractivity contribution in [3.05, 3.63) is 0 Å². The van der Waals surface area contributed by atoms with E-state index in [1.165, 1.54) is 0 Å². The van der Waals surface area contributed by atoms with Crippen LogP contribution in [0.1, 0.15) is 34.6 Å². The van der Waals surface area contributed by atoms with Crippen molar-refractivity contribution in [1.29, 1.82) is 0 Å². The lowest BCUT2D eigenvalue weighted by Crippen LogP contribution is -2.38. The van der Waals surface area contributed by atoms with Gasteiger partial charge in [-0.1, -0.05) is 6.92 Å². The lowest BCUT2D eigenvalue weighted by molar-refractivity contribution is 0.0152. The van der Waals surface area contributed by atoms with Gasteiger partial charge in [-0.3, -0.25) is 0 Å². The molecule has 0 bridgehead atoms. The zero-order valence-corrected chi connectivity index (χ0v) is 10.2. The van der Waals surface area contributed by atoms with E-state index in [0.717, 1.165) is 0 Å². The minimum absolute atomic E-state index is 0.0880. The lowest BCUT2D eigenvalue weighted by Gasteiger charge is -2.25. The molecule has 1 saturated heterocycles. The minimum atomic E-state index is -0.795. The topological polar surface area (TPSA) is 49.8 Å². The van der Waals surface area contributed by atoms with E-state index in [1.54, 1.807) is 11.8 Å². The zero-order chi connectivity index (χ0) is 11.9. The number of carbonyl (C=O) groups is 1. The number of carbonyl (C=O) groups excluding carboxylic acids is 1. The van der Waals surface area contributed by atoms with Crippen LogP contribution in [0.15, 0.2) is 0 Å². The van der Waals surface area contributed by atoms with Crippen molar-refractivity contribution in [3.63, 3.8) is 0 Å². The molecule has 1 rings (SSSR count). The number of likely N-dealkylation sites (tertiary alicyclic amines) is 1. The summed E-state index contributed by atoms with van der Waals surface area (Å²) in [4.78, 5) is 13.3. The molecule has 1 amide bonds. The van der Waals surface area contributed by atoms with Crippen molar-refractivity contribution >= 4 is 6.09 Å². The Hall–Kier alpha value is -0.770. The van der Waals surface area contributed by atoms with E-state index >= 15 is 0 Å². The molecule has 1 heterocycles. The van der Waals surface area contributed by atoms with Gasteiger partial charge in [-0.05, 0) is 27.7 Å². The third kappa shape index (κ3) is 3.09. The Morgan fingerprint density at radius 1 is 1.53 bits per heavy atom. The average molecular weight is 215 g/mol. The number of nitrogens with zero attached hydrogens (tertiary/aromatic N) is 1. The van der Waals surface area contributed by atoms with E-state index in [1.807, 2.05) is 27.7 Å². The predicted molar refractivity (Wildman–Crippen MR) is 57.6 cm³/mol. The van der Waals surface area contributed by atoms with Crippen LogP contribution in [0.25, 0.3) is 0 Å². The maximum absolute atomic E-state index is 11.7. The molecule has 0 radical (unpaired) electrons. The van der Waals surface area contributed by atoms with Crippen molar-refractivity contribution in [2.75, 3.05) is 13.1 Å². The van der Waals surface area contributed by atoms with Gasteiger partial charge in [0.25, 0.3) is 0 Å². The standard InChI is InChI=1S/C11H21NO3/c1-8-6-12(7-11(8,5)14)9(13)15-10(2,3)4/h8,14H,6-7H2,1-5H3/t8-,11+/m0/s1. The number of amides is 1. The molecule has 15 heavy (non-hydrogen) atoms. The first-order valence-corrected chi connectivity index (χ1v) is 5.32. The molecule has 4 heteroatoms. The van der Waals surface area contributed by atoms with E-state index < -0.39 is 11.2 Å². The van der Waals surface area contributed by atoms with E-state index in [2.05, 4.69) is 0 Å². The van der Waals surface area contributed by atoms with Crippen LogP contribution in [0.5, 0.6) is 0 Å². The first-order chi connectivity index (χ1) is 6.62. The normalized spacial score (nSPS) is 31.9. The van der Waals surface area contributed by atoms with Crippen molar-refractivity contribution in [1.82, 2.24) is 4.90 Å². The van der Waals surface area contributed by atoms with Gasteiger partial charge in [0.15, 0.2) is 0 Å². The van der Waals surface area contributed by atoms with Crippen molar-refractivity contribution in [2.45, 2.75) is 45.8 Å². The van der Waals surface area contributed by atoms with E-state index in [9.17, 15) is 9.90 Å². The molecule has 2 atom stereocenters. The second-order valence-electron chi connectivity index (χ2n) is 5.62. The third-order valence-electron chi connectivity index (χ3n) is 2.72. The molecule has 0 saturated carbocycles. The first kappa shape index (κ1) is 12.3. The highest BCUT2D eigenvalue weighted by Crippen LogP contribution is 2.27. The minimum Gasteiger partial charge on any atom is -0.444 e. The Morgan fingerprint density at radius 2 is 2.07 bits per heavy atom. The highest BCUT2D eigenvalue weighted by atomic mass is 16.6. The van der Waals surface area contributed by atoms with Gasteiger partial charge in [-0.15, -0.1) is 0 Å². The maximum Gasteiger partial charge on any atom is 0.410 e. The summed E-state index contributed by atoms with van der Waals surface area (Å²) >= 11 is 0. The molecule has 0 aromatic rings. The van der Waals surface area contributed by atoms with Gasteiger partial charge in [0, 0.05) is 12.5 Å². The number of β-amino-alcohol motifs (C(OH)–C–C–N with tert-alkyl or cyclic N) is 1. The molecular formula is C11H21NO3. The second-order valence-corrected chi connectivity index (χ2v) is 5.62. The van der Waals surface area contributed by atoms with Crippen LogP contribution < -0.4 is 0 Å². The molecule has 88 valence electrons. The SMILES string of the molecule is C[C@H]1CN(C(=O)OC(C)(C)C)C[C@@]1(C)O. The summed E-state index contributed by atoms with van der Waals surface area (Å²) in [7, 11) is 0. The van der Waals surface area contributed by atoms with Crippen LogP contribution in [-0.2, 0) is 4.74 Å².